The van der Waals surface area contributed by atoms with Gasteiger partial charge in [0.15, 0.2) is 19.8 Å². The average molecular weight is 1170 g/mol. The summed E-state index contributed by atoms with van der Waals surface area (Å²) in [6, 6.07) is 66.3. The van der Waals surface area contributed by atoms with Crippen LogP contribution in [0.3, 0.4) is 0 Å². The largest absolute Gasteiger partial charge is 0.506 e. The molecule has 72 heavy (non-hydrogen) atoms. The number of benzene rings is 8. The van der Waals surface area contributed by atoms with Gasteiger partial charge >= 0.3 is 29.6 Å². The van der Waals surface area contributed by atoms with Crippen LogP contribution < -0.4 is 37.5 Å². The third-order valence-corrected chi connectivity index (χ3v) is 17.3. The van der Waals surface area contributed by atoms with Crippen LogP contribution in [0.25, 0.3) is 21.7 Å². The number of alkyl halides is 9. The van der Waals surface area contributed by atoms with Crippen molar-refractivity contribution in [3.8, 4) is 5.75 Å². The smallest absolute Gasteiger partial charge is 0.460 e. The van der Waals surface area contributed by atoms with Gasteiger partial charge in [0.2, 0.25) is 5.78 Å². The van der Waals surface area contributed by atoms with Crippen LogP contribution in [0.2, 0.25) is 0 Å². The molecule has 0 atom stereocenters. The molecule has 0 aliphatic rings. The van der Waals surface area contributed by atoms with Crippen molar-refractivity contribution in [3.63, 3.8) is 0 Å². The van der Waals surface area contributed by atoms with E-state index in [1.807, 2.05) is 182 Å². The van der Waals surface area contributed by atoms with Crippen LogP contribution >= 0.6 is 14.3 Å². The summed E-state index contributed by atoms with van der Waals surface area (Å²) < 4.78 is 150. The first-order valence-electron chi connectivity index (χ1n) is 21.1. The third kappa shape index (κ3) is 10.6. The second-order valence-electron chi connectivity index (χ2n) is 15.6. The van der Waals surface area contributed by atoms with Crippen molar-refractivity contribution in [1.82, 2.24) is 0 Å². The number of halogens is 9. The minimum atomic E-state index is -7.35. The van der Waals surface area contributed by atoms with Crippen molar-refractivity contribution in [3.05, 3.63) is 234 Å². The molecule has 1 aromatic heterocycles. The zero-order valence-electron chi connectivity index (χ0n) is 36.9. The van der Waals surface area contributed by atoms with Crippen LogP contribution in [0.5, 0.6) is 5.75 Å². The van der Waals surface area contributed by atoms with E-state index in [1.54, 1.807) is 6.07 Å². The summed E-state index contributed by atoms with van der Waals surface area (Å²) in [5.74, 6) is -26.5. The van der Waals surface area contributed by atoms with Gasteiger partial charge in [-0.25, -0.2) is 4.79 Å². The summed E-state index contributed by atoms with van der Waals surface area (Å²) in [6.45, 7) is 0. The van der Waals surface area contributed by atoms with Crippen LogP contribution in [-0.2, 0) is 9.13 Å². The van der Waals surface area contributed by atoms with Gasteiger partial charge in [-0.2, -0.15) is 39.5 Å². The standard InChI is InChI=1S/C18H7F9O4.2C18H15OP.Eu/c19-15(20,16(21,22)17(23,24)18(25,26)27)13(29)10-11(28)9-6-5-7-3-1-2-4-8(7)12(9)31-14(10)30;2*19-20(16-10-4-1-5-11-16,17-12-6-2-7-13-17)18-14-8-3-9-15-18;/h1-6,28H;2*1-15H;. The van der Waals surface area contributed by atoms with Gasteiger partial charge in [-0.1, -0.05) is 212 Å². The molecule has 0 amide bonds. The molecule has 0 aliphatic carbocycles. The fraction of sp³-hybridized carbons (Fsp3) is 0.0741. The van der Waals surface area contributed by atoms with E-state index in [9.17, 15) is 63.3 Å². The Morgan fingerprint density at radius 2 is 0.722 bits per heavy atom. The molecular formula is C54H37EuF9O6P2. The number of carbonyl (C=O) groups excluding carboxylic acids is 1. The summed E-state index contributed by atoms with van der Waals surface area (Å²) in [6.07, 6.45) is -7.16. The van der Waals surface area contributed by atoms with E-state index in [-0.39, 0.29) is 54.8 Å². The molecular weight excluding hydrogens is 1130 g/mol. The van der Waals surface area contributed by atoms with E-state index in [2.05, 4.69) is 4.42 Å². The molecule has 0 saturated heterocycles. The van der Waals surface area contributed by atoms with Crippen molar-refractivity contribution in [1.29, 1.82) is 0 Å². The SMILES string of the molecule is O=C(c1c(O)c2ccc3ccccc3c2oc1=O)C(F)(F)C(F)(F)C(F)(F)C(F)(F)F.O=P(c1ccccc1)(c1ccccc1)c1ccccc1.O=P(c1ccccc1)(c1ccccc1)c1ccccc1.[Eu]. The molecule has 0 bridgehead atoms. The molecule has 0 unspecified atom stereocenters. The number of fused-ring (bicyclic) bond motifs is 3. The van der Waals surface area contributed by atoms with E-state index < -0.39 is 71.9 Å². The number of Topliss-reactive ketones (excluding diaryl/α,β-unsaturated/α-hetero) is 1. The van der Waals surface area contributed by atoms with E-state index in [1.165, 1.54) is 24.3 Å². The van der Waals surface area contributed by atoms with Gasteiger partial charge in [0.25, 0.3) is 0 Å². The summed E-state index contributed by atoms with van der Waals surface area (Å²) in [5.41, 5.74) is -4.81. The average Bonchev–Trinajstić information content (AvgIpc) is 3.39. The van der Waals surface area contributed by atoms with Crippen molar-refractivity contribution in [2.24, 2.45) is 0 Å². The Hall–Kier alpha value is -5.89. The predicted octanol–water partition coefficient (Wildman–Crippen LogP) is 12.0. The van der Waals surface area contributed by atoms with E-state index in [0.717, 1.165) is 37.9 Å². The van der Waals surface area contributed by atoms with Crippen molar-refractivity contribution >= 4 is 73.6 Å². The Balaban J connectivity index is 0.000000182. The van der Waals surface area contributed by atoms with Crippen LogP contribution in [0.4, 0.5) is 39.5 Å². The molecule has 1 heterocycles. The van der Waals surface area contributed by atoms with Crippen molar-refractivity contribution in [2.45, 2.75) is 23.9 Å². The molecule has 8 aromatic carbocycles. The monoisotopic (exact) mass is 1170 g/mol. The van der Waals surface area contributed by atoms with Crippen molar-refractivity contribution in [2.75, 3.05) is 0 Å². The minimum absolute atomic E-state index is 0. The quantitative estimate of drug-likeness (QED) is 0.0481. The maximum Gasteiger partial charge on any atom is 0.460 e. The number of aromatic hydroxyl groups is 1. The fourth-order valence-electron chi connectivity index (χ4n) is 7.51. The summed E-state index contributed by atoms with van der Waals surface area (Å²) in [5, 5.41) is 15.2. The van der Waals surface area contributed by atoms with E-state index >= 15 is 0 Å². The first kappa shape index (κ1) is 55.4. The van der Waals surface area contributed by atoms with Crippen LogP contribution in [0.1, 0.15) is 10.4 Å². The number of hydrogen-bond acceptors (Lipinski definition) is 6. The zero-order valence-corrected chi connectivity index (χ0v) is 41.2. The molecule has 0 saturated carbocycles. The Morgan fingerprint density at radius 3 is 1.04 bits per heavy atom. The molecule has 1 N–H and O–H groups in total. The number of carbonyl (C=O) groups is 1. The Kier molecular flexibility index (Phi) is 17.3. The maximum absolute atomic E-state index is 13.9. The molecule has 18 heteroatoms. The number of rotatable bonds is 10. The molecule has 9 aromatic rings. The van der Waals surface area contributed by atoms with Gasteiger partial charge in [0.05, 0.1) is 5.39 Å². The predicted molar refractivity (Wildman–Crippen MR) is 259 cm³/mol. The van der Waals surface area contributed by atoms with Gasteiger partial charge in [-0.05, 0) is 11.5 Å². The van der Waals surface area contributed by atoms with Crippen LogP contribution in [-0.4, -0.2) is 34.8 Å². The Bertz CT molecular complexity index is 3100. The third-order valence-electron chi connectivity index (χ3n) is 11.1. The zero-order chi connectivity index (χ0) is 51.2. The molecule has 369 valence electrons. The first-order valence-corrected chi connectivity index (χ1v) is 24.6. The second-order valence-corrected chi connectivity index (χ2v) is 21.1. The molecule has 9 rings (SSSR count). The summed E-state index contributed by atoms with van der Waals surface area (Å²) in [7, 11) is -5.55. The summed E-state index contributed by atoms with van der Waals surface area (Å²) >= 11 is 0. The Morgan fingerprint density at radius 1 is 0.417 bits per heavy atom. The Labute approximate surface area is 446 Å². The van der Waals surface area contributed by atoms with Gasteiger partial charge in [0.1, 0.15) is 11.3 Å². The van der Waals surface area contributed by atoms with Crippen LogP contribution in [0, 0.1) is 49.4 Å². The minimum Gasteiger partial charge on any atom is -0.506 e. The number of hydrogen-bond donors (Lipinski definition) is 1. The molecule has 0 aliphatic heterocycles. The molecule has 1 radical (unpaired) electrons. The van der Waals surface area contributed by atoms with Gasteiger partial charge in [-0.3, -0.25) is 4.79 Å². The van der Waals surface area contributed by atoms with Gasteiger partial charge in [0, 0.05) is 86.6 Å². The normalized spacial score (nSPS) is 12.1. The van der Waals surface area contributed by atoms with Gasteiger partial charge < -0.3 is 18.7 Å². The fourth-order valence-corrected chi connectivity index (χ4v) is 12.9. The maximum atomic E-state index is 13.9. The van der Waals surface area contributed by atoms with E-state index in [4.69, 9.17) is 0 Å². The summed E-state index contributed by atoms with van der Waals surface area (Å²) in [4.78, 5) is 23.9. The van der Waals surface area contributed by atoms with Crippen LogP contribution in [0.15, 0.2) is 228 Å². The van der Waals surface area contributed by atoms with E-state index in [0.29, 0.717) is 5.39 Å². The molecule has 0 fully saturated rings. The molecule has 0 spiro atoms. The number of ketones is 1. The molecule has 6 nitrogen and oxygen atoms in total. The van der Waals surface area contributed by atoms with Gasteiger partial charge in [-0.15, -0.1) is 0 Å². The van der Waals surface area contributed by atoms with Crippen molar-refractivity contribution < 1.29 is 112 Å². The topological polar surface area (TPSA) is 102 Å². The second kappa shape index (κ2) is 22.5. The first-order chi connectivity index (χ1) is 33.7.